The predicted molar refractivity (Wildman–Crippen MR) is 68.2 cm³/mol. The summed E-state index contributed by atoms with van der Waals surface area (Å²) < 4.78 is 2.21. The average Bonchev–Trinajstić information content (AvgIpc) is 2.68. The van der Waals surface area contributed by atoms with E-state index in [1.165, 1.54) is 16.5 Å². The Labute approximate surface area is 101 Å². The number of rotatable bonds is 5. The van der Waals surface area contributed by atoms with Gasteiger partial charge in [-0.05, 0) is 31.4 Å². The van der Waals surface area contributed by atoms with Gasteiger partial charge in [-0.15, -0.1) is 0 Å². The largest absolute Gasteiger partial charge is 0.481 e. The normalized spacial score (nSPS) is 10.9. The number of carboxylic acids is 1. The van der Waals surface area contributed by atoms with Gasteiger partial charge in [-0.25, -0.2) is 0 Å². The highest BCUT2D eigenvalue weighted by atomic mass is 16.4. The molecule has 1 aromatic carbocycles. The van der Waals surface area contributed by atoms with Gasteiger partial charge < -0.3 is 9.67 Å². The molecule has 1 N–H and O–H groups in total. The molecule has 0 atom stereocenters. The predicted octanol–water partition coefficient (Wildman–Crippen LogP) is 3.07. The number of nitrogens with zero attached hydrogens (tertiary/aromatic N) is 1. The van der Waals surface area contributed by atoms with Gasteiger partial charge in [0.05, 0.1) is 0 Å². The van der Waals surface area contributed by atoms with Gasteiger partial charge in [0.25, 0.3) is 0 Å². The van der Waals surface area contributed by atoms with Crippen LogP contribution in [-0.4, -0.2) is 15.6 Å². The van der Waals surface area contributed by atoms with Crippen LogP contribution in [0.4, 0.5) is 0 Å². The molecule has 0 aliphatic heterocycles. The van der Waals surface area contributed by atoms with Crippen molar-refractivity contribution in [2.75, 3.05) is 0 Å². The Morgan fingerprint density at radius 1 is 1.35 bits per heavy atom. The van der Waals surface area contributed by atoms with Gasteiger partial charge in [-0.3, -0.25) is 4.79 Å². The Kier molecular flexibility index (Phi) is 3.47. The molecule has 1 heterocycles. The van der Waals surface area contributed by atoms with Crippen molar-refractivity contribution in [3.05, 3.63) is 36.0 Å². The van der Waals surface area contributed by atoms with Gasteiger partial charge in [0.2, 0.25) is 0 Å². The van der Waals surface area contributed by atoms with E-state index >= 15 is 0 Å². The topological polar surface area (TPSA) is 42.2 Å². The fraction of sp³-hybridized carbons (Fsp3) is 0.357. The first-order valence-electron chi connectivity index (χ1n) is 6.01. The number of benzene rings is 1. The summed E-state index contributed by atoms with van der Waals surface area (Å²) in [4.78, 5) is 10.5. The van der Waals surface area contributed by atoms with Crippen LogP contribution in [0.2, 0.25) is 0 Å². The second kappa shape index (κ2) is 5.04. The van der Waals surface area contributed by atoms with E-state index in [2.05, 4.69) is 29.8 Å². The maximum Gasteiger partial charge on any atom is 0.303 e. The molecule has 0 fully saturated rings. The molecule has 17 heavy (non-hydrogen) atoms. The lowest BCUT2D eigenvalue weighted by Crippen LogP contribution is -1.95. The van der Waals surface area contributed by atoms with E-state index in [1.807, 2.05) is 12.1 Å². The lowest BCUT2D eigenvalue weighted by Gasteiger charge is -1.98. The molecule has 90 valence electrons. The van der Waals surface area contributed by atoms with Crippen LogP contribution in [-0.2, 0) is 17.8 Å². The van der Waals surface area contributed by atoms with E-state index in [1.54, 1.807) is 0 Å². The van der Waals surface area contributed by atoms with E-state index in [0.717, 1.165) is 13.0 Å². The van der Waals surface area contributed by atoms with E-state index < -0.39 is 5.97 Å². The van der Waals surface area contributed by atoms with Crippen LogP contribution in [0.5, 0.6) is 0 Å². The van der Waals surface area contributed by atoms with Gasteiger partial charge in [-0.2, -0.15) is 0 Å². The number of carboxylic acid groups (broad SMARTS) is 1. The van der Waals surface area contributed by atoms with Crippen LogP contribution in [0.1, 0.15) is 25.3 Å². The highest BCUT2D eigenvalue weighted by molar-refractivity contribution is 5.84. The van der Waals surface area contributed by atoms with Crippen molar-refractivity contribution in [1.82, 2.24) is 4.57 Å². The van der Waals surface area contributed by atoms with Crippen LogP contribution in [0.3, 0.4) is 0 Å². The Balaban J connectivity index is 2.24. The number of hydrogen-bond acceptors (Lipinski definition) is 1. The quantitative estimate of drug-likeness (QED) is 0.859. The standard InChI is InChI=1S/C14H17NO2/c1-2-15-10-11(6-5-9-14(16)17)12-7-3-4-8-13(12)15/h3-4,7-8,10H,2,5-6,9H2,1H3,(H,16,17). The molecular formula is C14H17NO2. The molecule has 0 unspecified atom stereocenters. The van der Waals surface area contributed by atoms with Crippen LogP contribution in [0.15, 0.2) is 30.5 Å². The fourth-order valence-electron chi connectivity index (χ4n) is 2.21. The maximum absolute atomic E-state index is 10.5. The molecule has 2 rings (SSSR count). The van der Waals surface area contributed by atoms with Crippen molar-refractivity contribution in [1.29, 1.82) is 0 Å². The molecule has 0 saturated heterocycles. The second-order valence-corrected chi connectivity index (χ2v) is 4.20. The number of aryl methyl sites for hydroxylation is 2. The Hall–Kier alpha value is -1.77. The van der Waals surface area contributed by atoms with Crippen molar-refractivity contribution >= 4 is 16.9 Å². The SMILES string of the molecule is CCn1cc(CCCC(=O)O)c2ccccc21. The molecule has 0 radical (unpaired) electrons. The van der Waals surface area contributed by atoms with Crippen molar-refractivity contribution in [2.24, 2.45) is 0 Å². The highest BCUT2D eigenvalue weighted by Crippen LogP contribution is 2.22. The molecule has 0 saturated carbocycles. The summed E-state index contributed by atoms with van der Waals surface area (Å²) in [6.07, 6.45) is 3.92. The summed E-state index contributed by atoms with van der Waals surface area (Å²) in [7, 11) is 0. The summed E-state index contributed by atoms with van der Waals surface area (Å²) in [6.45, 7) is 3.06. The van der Waals surface area contributed by atoms with E-state index in [-0.39, 0.29) is 6.42 Å². The molecule has 3 heteroatoms. The monoisotopic (exact) mass is 231 g/mol. The third-order valence-electron chi connectivity index (χ3n) is 3.05. The summed E-state index contributed by atoms with van der Waals surface area (Å²) >= 11 is 0. The first kappa shape index (κ1) is 11.7. The number of hydrogen-bond donors (Lipinski definition) is 1. The minimum atomic E-state index is -0.718. The lowest BCUT2D eigenvalue weighted by molar-refractivity contribution is -0.137. The molecule has 0 amide bonds. The molecule has 0 aliphatic rings. The van der Waals surface area contributed by atoms with Crippen molar-refractivity contribution in [2.45, 2.75) is 32.7 Å². The number of aromatic nitrogens is 1. The van der Waals surface area contributed by atoms with Gasteiger partial charge in [0.15, 0.2) is 0 Å². The van der Waals surface area contributed by atoms with Crippen molar-refractivity contribution in [3.63, 3.8) is 0 Å². The average molecular weight is 231 g/mol. The summed E-state index contributed by atoms with van der Waals surface area (Å²) in [5.74, 6) is -0.718. The lowest BCUT2D eigenvalue weighted by atomic mass is 10.1. The van der Waals surface area contributed by atoms with Crippen LogP contribution in [0.25, 0.3) is 10.9 Å². The van der Waals surface area contributed by atoms with E-state index in [0.29, 0.717) is 6.42 Å². The number of carbonyl (C=O) groups is 1. The van der Waals surface area contributed by atoms with Crippen molar-refractivity contribution < 1.29 is 9.90 Å². The zero-order valence-electron chi connectivity index (χ0n) is 10.0. The number of aliphatic carboxylic acids is 1. The molecule has 2 aromatic rings. The minimum Gasteiger partial charge on any atom is -0.481 e. The molecular weight excluding hydrogens is 214 g/mol. The zero-order chi connectivity index (χ0) is 12.3. The smallest absolute Gasteiger partial charge is 0.303 e. The Morgan fingerprint density at radius 2 is 2.12 bits per heavy atom. The summed E-state index contributed by atoms with van der Waals surface area (Å²) in [5.41, 5.74) is 2.49. The molecule has 0 bridgehead atoms. The van der Waals surface area contributed by atoms with E-state index in [9.17, 15) is 4.79 Å². The molecule has 1 aromatic heterocycles. The van der Waals surface area contributed by atoms with Gasteiger partial charge >= 0.3 is 5.97 Å². The number of fused-ring (bicyclic) bond motifs is 1. The molecule has 0 spiro atoms. The molecule has 3 nitrogen and oxygen atoms in total. The van der Waals surface area contributed by atoms with Crippen LogP contribution >= 0.6 is 0 Å². The van der Waals surface area contributed by atoms with Gasteiger partial charge in [-0.1, -0.05) is 18.2 Å². The molecule has 0 aliphatic carbocycles. The second-order valence-electron chi connectivity index (χ2n) is 4.20. The van der Waals surface area contributed by atoms with Crippen molar-refractivity contribution in [3.8, 4) is 0 Å². The number of para-hydroxylation sites is 1. The zero-order valence-corrected chi connectivity index (χ0v) is 10.0. The summed E-state index contributed by atoms with van der Waals surface area (Å²) in [5, 5.41) is 9.90. The van der Waals surface area contributed by atoms with E-state index in [4.69, 9.17) is 5.11 Å². The first-order chi connectivity index (χ1) is 8.22. The Bertz CT molecular complexity index is 528. The van der Waals surface area contributed by atoms with Gasteiger partial charge in [0, 0.05) is 30.1 Å². The van der Waals surface area contributed by atoms with Crippen LogP contribution in [0, 0.1) is 0 Å². The van der Waals surface area contributed by atoms with Gasteiger partial charge in [0.1, 0.15) is 0 Å². The maximum atomic E-state index is 10.5. The fourth-order valence-corrected chi connectivity index (χ4v) is 2.21. The first-order valence-corrected chi connectivity index (χ1v) is 6.01. The summed E-state index contributed by atoms with van der Waals surface area (Å²) in [6, 6.07) is 8.29. The third kappa shape index (κ3) is 2.49. The minimum absolute atomic E-state index is 0.242. The Morgan fingerprint density at radius 3 is 2.82 bits per heavy atom. The highest BCUT2D eigenvalue weighted by Gasteiger charge is 2.07. The van der Waals surface area contributed by atoms with Crippen LogP contribution < -0.4 is 0 Å². The third-order valence-corrected chi connectivity index (χ3v) is 3.05.